The van der Waals surface area contributed by atoms with Gasteiger partial charge in [0.05, 0.1) is 26.3 Å². The molecule has 4 rings (SSSR count). The predicted molar refractivity (Wildman–Crippen MR) is 177 cm³/mol. The largest absolute Gasteiger partial charge is 1.00 e. The average Bonchev–Trinajstić information content (AvgIpc) is 3.05. The van der Waals surface area contributed by atoms with E-state index in [0.717, 1.165) is 35.5 Å². The van der Waals surface area contributed by atoms with E-state index in [1.165, 1.54) is 61.0 Å². The normalized spacial score (nSPS) is 12.0. The molecule has 4 aromatic carbocycles. The fourth-order valence-electron chi connectivity index (χ4n) is 5.92. The van der Waals surface area contributed by atoms with Gasteiger partial charge in [-0.1, -0.05) is 143 Å². The zero-order chi connectivity index (χ0) is 29.5. The zero-order valence-corrected chi connectivity index (χ0v) is 27.1. The summed E-state index contributed by atoms with van der Waals surface area (Å²) in [6, 6.07) is 38.8. The van der Waals surface area contributed by atoms with Crippen molar-refractivity contribution in [2.24, 2.45) is 0 Å². The fourth-order valence-corrected chi connectivity index (χ4v) is 5.92. The molecular formula is C39H50ClNO2. The maximum Gasteiger partial charge on any atom is 0.131 e. The molecule has 1 unspecified atom stereocenters. The first kappa shape index (κ1) is 34.4. The number of rotatable bonds is 18. The number of hydrogen-bond donors (Lipinski definition) is 0. The topological polar surface area (TPSA) is 18.5 Å². The van der Waals surface area contributed by atoms with Crippen molar-refractivity contribution in [2.75, 3.05) is 39.5 Å². The van der Waals surface area contributed by atoms with Crippen LogP contribution < -0.4 is 17.1 Å². The van der Waals surface area contributed by atoms with Crippen LogP contribution >= 0.6 is 0 Å². The number of ether oxygens (including phenoxy) is 2. The van der Waals surface area contributed by atoms with Crippen molar-refractivity contribution < 1.29 is 26.4 Å². The lowest BCUT2D eigenvalue weighted by Crippen LogP contribution is -3.00. The summed E-state index contributed by atoms with van der Waals surface area (Å²) in [6.45, 7) is 13.2. The van der Waals surface area contributed by atoms with Crippen LogP contribution in [0, 0.1) is 0 Å². The Morgan fingerprint density at radius 1 is 0.628 bits per heavy atom. The quantitative estimate of drug-likeness (QED) is 0.0957. The van der Waals surface area contributed by atoms with Gasteiger partial charge < -0.3 is 26.4 Å². The molecule has 0 saturated carbocycles. The molecule has 43 heavy (non-hydrogen) atoms. The van der Waals surface area contributed by atoms with Crippen molar-refractivity contribution in [3.63, 3.8) is 0 Å². The van der Waals surface area contributed by atoms with Gasteiger partial charge in [0, 0.05) is 22.6 Å². The molecule has 0 aromatic heterocycles. The predicted octanol–water partition coefficient (Wildman–Crippen LogP) is 6.52. The summed E-state index contributed by atoms with van der Waals surface area (Å²) in [4.78, 5) is 0. The first-order valence-corrected chi connectivity index (χ1v) is 16.0. The second-order valence-electron chi connectivity index (χ2n) is 11.5. The van der Waals surface area contributed by atoms with Crippen molar-refractivity contribution >= 4 is 0 Å². The summed E-state index contributed by atoms with van der Waals surface area (Å²) >= 11 is 0. The molecule has 0 bridgehead atoms. The molecule has 0 amide bonds. The molecule has 3 nitrogen and oxygen atoms in total. The smallest absolute Gasteiger partial charge is 0.131 e. The lowest BCUT2D eigenvalue weighted by atomic mass is 9.89. The van der Waals surface area contributed by atoms with Gasteiger partial charge in [0.1, 0.15) is 25.4 Å². The number of unbranched alkanes of at least 4 members (excludes halogenated alkanes) is 2. The van der Waals surface area contributed by atoms with E-state index < -0.39 is 0 Å². The van der Waals surface area contributed by atoms with Crippen LogP contribution in [0.5, 0.6) is 5.75 Å². The van der Waals surface area contributed by atoms with Crippen LogP contribution in [-0.2, 0) is 11.3 Å². The molecule has 0 N–H and O–H groups in total. The number of halogens is 1. The summed E-state index contributed by atoms with van der Waals surface area (Å²) in [5.74, 6) is 1.18. The minimum Gasteiger partial charge on any atom is -1.00 e. The van der Waals surface area contributed by atoms with Crippen LogP contribution in [0.25, 0.3) is 11.1 Å². The average molecular weight is 600 g/mol. The number of nitrogens with zero attached hydrogens (tertiary/aromatic N) is 1. The number of hydrogen-bond acceptors (Lipinski definition) is 2. The van der Waals surface area contributed by atoms with E-state index in [1.807, 2.05) is 0 Å². The highest BCUT2D eigenvalue weighted by Crippen LogP contribution is 2.39. The van der Waals surface area contributed by atoms with Crippen molar-refractivity contribution in [1.82, 2.24) is 0 Å². The molecule has 1 atom stereocenters. The van der Waals surface area contributed by atoms with E-state index in [-0.39, 0.29) is 18.3 Å². The second-order valence-corrected chi connectivity index (χ2v) is 11.5. The van der Waals surface area contributed by atoms with E-state index in [2.05, 4.69) is 130 Å². The van der Waals surface area contributed by atoms with Crippen LogP contribution in [0.1, 0.15) is 69.1 Å². The highest BCUT2D eigenvalue weighted by molar-refractivity contribution is 5.73. The lowest BCUT2D eigenvalue weighted by molar-refractivity contribution is -0.941. The van der Waals surface area contributed by atoms with Gasteiger partial charge in [0.25, 0.3) is 0 Å². The molecule has 0 aliphatic carbocycles. The van der Waals surface area contributed by atoms with Crippen molar-refractivity contribution in [3.8, 4) is 16.9 Å². The Kier molecular flexibility index (Phi) is 14.8. The SMILES string of the molecule is CCCC[N+](CCCC)(CCOCCOc1c(-c2ccccc2)cccc1C(C)c1ccccc1)Cc1ccccc1.[Cl-]. The molecule has 0 aliphatic rings. The van der Waals surface area contributed by atoms with Crippen LogP contribution in [0.3, 0.4) is 0 Å². The van der Waals surface area contributed by atoms with Crippen LogP contribution in [0.2, 0.25) is 0 Å². The van der Waals surface area contributed by atoms with E-state index in [0.29, 0.717) is 13.2 Å². The Morgan fingerprint density at radius 2 is 1.23 bits per heavy atom. The molecule has 0 spiro atoms. The highest BCUT2D eigenvalue weighted by atomic mass is 35.5. The molecule has 0 heterocycles. The monoisotopic (exact) mass is 599 g/mol. The van der Waals surface area contributed by atoms with Crippen LogP contribution in [-0.4, -0.2) is 43.9 Å². The fraction of sp³-hybridized carbons (Fsp3) is 0.385. The molecule has 0 aliphatic heterocycles. The van der Waals surface area contributed by atoms with Crippen molar-refractivity contribution in [2.45, 2.75) is 58.9 Å². The van der Waals surface area contributed by atoms with E-state index in [1.54, 1.807) is 0 Å². The first-order valence-electron chi connectivity index (χ1n) is 16.0. The Labute approximate surface area is 266 Å². The molecule has 0 saturated heterocycles. The zero-order valence-electron chi connectivity index (χ0n) is 26.4. The summed E-state index contributed by atoms with van der Waals surface area (Å²) < 4.78 is 14.0. The van der Waals surface area contributed by atoms with Crippen molar-refractivity contribution in [3.05, 3.63) is 126 Å². The minimum absolute atomic E-state index is 0. The Balaban J connectivity index is 0.00000506. The van der Waals surface area contributed by atoms with Gasteiger partial charge in [-0.2, -0.15) is 0 Å². The first-order chi connectivity index (χ1) is 20.7. The number of quaternary nitrogens is 1. The number of para-hydroxylation sites is 1. The van der Waals surface area contributed by atoms with Gasteiger partial charge in [-0.05, 0) is 24.0 Å². The van der Waals surface area contributed by atoms with E-state index in [9.17, 15) is 0 Å². The Bertz CT molecular complexity index is 1290. The molecular weight excluding hydrogens is 550 g/mol. The van der Waals surface area contributed by atoms with Gasteiger partial charge in [-0.25, -0.2) is 0 Å². The van der Waals surface area contributed by atoms with E-state index in [4.69, 9.17) is 9.47 Å². The van der Waals surface area contributed by atoms with Gasteiger partial charge >= 0.3 is 0 Å². The van der Waals surface area contributed by atoms with Gasteiger partial charge in [-0.3, -0.25) is 0 Å². The second kappa shape index (κ2) is 18.5. The Morgan fingerprint density at radius 3 is 1.86 bits per heavy atom. The molecule has 4 aromatic rings. The third-order valence-corrected chi connectivity index (χ3v) is 8.41. The number of benzene rings is 4. The third-order valence-electron chi connectivity index (χ3n) is 8.41. The van der Waals surface area contributed by atoms with Gasteiger partial charge in [0.15, 0.2) is 0 Å². The highest BCUT2D eigenvalue weighted by Gasteiger charge is 2.27. The van der Waals surface area contributed by atoms with Gasteiger partial charge in [-0.15, -0.1) is 0 Å². The molecule has 4 heteroatoms. The maximum absolute atomic E-state index is 6.59. The Hall–Kier alpha value is -3.11. The standard InChI is InChI=1S/C39H50NO2.ClH/c1-4-6-26-40(27-7-5-2,32-34-18-11-8-12-19-34)28-29-41-30-31-42-39-37(33(3)35-20-13-9-14-21-35)24-17-25-38(39)36-22-15-10-16-23-36;/h8-25,33H,4-7,26-32H2,1-3H3;1H/q+1;/p-1. The van der Waals surface area contributed by atoms with Crippen molar-refractivity contribution in [1.29, 1.82) is 0 Å². The van der Waals surface area contributed by atoms with Crippen LogP contribution in [0.4, 0.5) is 0 Å². The van der Waals surface area contributed by atoms with Crippen LogP contribution in [0.15, 0.2) is 109 Å². The lowest BCUT2D eigenvalue weighted by Gasteiger charge is -2.39. The molecule has 230 valence electrons. The maximum atomic E-state index is 6.59. The van der Waals surface area contributed by atoms with E-state index >= 15 is 0 Å². The summed E-state index contributed by atoms with van der Waals surface area (Å²) in [5.41, 5.74) is 6.22. The minimum atomic E-state index is 0. The van der Waals surface area contributed by atoms with Gasteiger partial charge in [0.2, 0.25) is 0 Å². The molecule has 0 radical (unpaired) electrons. The summed E-state index contributed by atoms with van der Waals surface area (Å²) in [5, 5.41) is 0. The third kappa shape index (κ3) is 10.2. The summed E-state index contributed by atoms with van der Waals surface area (Å²) in [6.07, 6.45) is 4.94. The molecule has 0 fully saturated rings. The summed E-state index contributed by atoms with van der Waals surface area (Å²) in [7, 11) is 0.